The molecule has 0 nitrogen and oxygen atoms in total. The van der Waals surface area contributed by atoms with E-state index in [2.05, 4.69) is 55.1 Å². The molecule has 0 aliphatic heterocycles. The van der Waals surface area contributed by atoms with Crippen LogP contribution in [0.25, 0.3) is 22.9 Å². The number of hydrogen-bond acceptors (Lipinski definition) is 0. The number of rotatable bonds is 2. The van der Waals surface area contributed by atoms with Crippen LogP contribution in [-0.2, 0) is 0 Å². The zero-order valence-corrected chi connectivity index (χ0v) is 12.9. The van der Waals surface area contributed by atoms with Gasteiger partial charge in [0, 0.05) is 0 Å². The molecule has 0 bridgehead atoms. The van der Waals surface area contributed by atoms with Gasteiger partial charge in [0.05, 0.1) is 0 Å². The van der Waals surface area contributed by atoms with Crippen LogP contribution in [0.15, 0.2) is 49.1 Å². The van der Waals surface area contributed by atoms with Gasteiger partial charge in [-0.15, -0.1) is 0 Å². The molecule has 0 heterocycles. The van der Waals surface area contributed by atoms with Crippen LogP contribution < -0.4 is 0 Å². The minimum absolute atomic E-state index is 1.19. The maximum absolute atomic E-state index is 3.85. The minimum Gasteiger partial charge on any atom is -0.0984 e. The summed E-state index contributed by atoms with van der Waals surface area (Å²) in [6.07, 6.45) is 6.07. The topological polar surface area (TPSA) is 0 Å². The maximum atomic E-state index is 3.85. The van der Waals surface area contributed by atoms with Gasteiger partial charge in [0.1, 0.15) is 0 Å². The molecule has 0 unspecified atom stereocenters. The Balaban J connectivity index is 0.000000741. The van der Waals surface area contributed by atoms with Crippen LogP contribution in [0, 0.1) is 0 Å². The lowest BCUT2D eigenvalue weighted by Gasteiger charge is -2.04. The summed E-state index contributed by atoms with van der Waals surface area (Å²) in [7, 11) is 0. The van der Waals surface area contributed by atoms with Gasteiger partial charge in [-0.3, -0.25) is 0 Å². The largest absolute Gasteiger partial charge is 0.0984 e. The first-order valence-electron chi connectivity index (χ1n) is 7.13. The van der Waals surface area contributed by atoms with Gasteiger partial charge in [-0.2, -0.15) is 0 Å². The molecule has 102 valence electrons. The molecule has 0 heteroatoms. The summed E-state index contributed by atoms with van der Waals surface area (Å²) in [4.78, 5) is 0. The smallest absolute Gasteiger partial charge is 0.0178 e. The van der Waals surface area contributed by atoms with E-state index in [4.69, 9.17) is 0 Å². The normalized spacial score (nSPS) is 9.32. The van der Waals surface area contributed by atoms with E-state index in [9.17, 15) is 0 Å². The van der Waals surface area contributed by atoms with Gasteiger partial charge >= 0.3 is 0 Å². The highest BCUT2D eigenvalue weighted by atomic mass is 14.0. The van der Waals surface area contributed by atoms with Crippen LogP contribution in [0.1, 0.15) is 45.7 Å². The second kappa shape index (κ2) is 10.1. The van der Waals surface area contributed by atoms with Gasteiger partial charge in [0.25, 0.3) is 0 Å². The van der Waals surface area contributed by atoms with Crippen molar-refractivity contribution >= 4 is 22.9 Å². The Morgan fingerprint density at radius 3 is 1.74 bits per heavy atom. The molecule has 2 aromatic rings. The molecular weight excluding hydrogens is 228 g/mol. The molecule has 0 aromatic heterocycles. The van der Waals surface area contributed by atoms with Crippen molar-refractivity contribution in [2.75, 3.05) is 0 Å². The summed E-state index contributed by atoms with van der Waals surface area (Å²) in [5, 5.41) is 2.54. The SMILES string of the molecule is C=Cc1cc2ccccc2cc1/C=C\C.CC.CC. The van der Waals surface area contributed by atoms with Crippen molar-refractivity contribution < 1.29 is 0 Å². The second-order valence-corrected chi connectivity index (χ2v) is 3.53. The Labute approximate surface area is 118 Å². The Kier molecular flexibility index (Phi) is 9.16. The monoisotopic (exact) mass is 254 g/mol. The van der Waals surface area contributed by atoms with E-state index < -0.39 is 0 Å². The number of benzene rings is 2. The summed E-state index contributed by atoms with van der Waals surface area (Å²) in [6, 6.07) is 12.8. The quantitative estimate of drug-likeness (QED) is 0.568. The van der Waals surface area contributed by atoms with E-state index in [1.165, 1.54) is 21.9 Å². The molecular formula is C19H26. The Morgan fingerprint density at radius 1 is 0.842 bits per heavy atom. The van der Waals surface area contributed by atoms with E-state index in [0.717, 1.165) is 0 Å². The van der Waals surface area contributed by atoms with E-state index >= 15 is 0 Å². The summed E-state index contributed by atoms with van der Waals surface area (Å²) < 4.78 is 0. The highest BCUT2D eigenvalue weighted by molar-refractivity contribution is 5.88. The third kappa shape index (κ3) is 4.75. The van der Waals surface area contributed by atoms with Gasteiger partial charge in [-0.25, -0.2) is 0 Å². The molecule has 0 aliphatic rings. The summed E-state index contributed by atoms with van der Waals surface area (Å²) in [5.41, 5.74) is 2.41. The highest BCUT2D eigenvalue weighted by Crippen LogP contribution is 2.21. The van der Waals surface area contributed by atoms with Crippen LogP contribution in [-0.4, -0.2) is 0 Å². The van der Waals surface area contributed by atoms with E-state index in [1.807, 2.05) is 40.7 Å². The first-order chi connectivity index (χ1) is 9.35. The Hall–Kier alpha value is -1.82. The van der Waals surface area contributed by atoms with Crippen molar-refractivity contribution in [2.24, 2.45) is 0 Å². The van der Waals surface area contributed by atoms with Crippen LogP contribution in [0.2, 0.25) is 0 Å². The van der Waals surface area contributed by atoms with Crippen LogP contribution in [0.5, 0.6) is 0 Å². The van der Waals surface area contributed by atoms with Crippen molar-refractivity contribution in [3.63, 3.8) is 0 Å². The van der Waals surface area contributed by atoms with Crippen LogP contribution >= 0.6 is 0 Å². The number of hydrogen-bond donors (Lipinski definition) is 0. The molecule has 0 radical (unpaired) electrons. The zero-order chi connectivity index (χ0) is 14.7. The lowest BCUT2D eigenvalue weighted by Crippen LogP contribution is -1.82. The van der Waals surface area contributed by atoms with Gasteiger partial charge in [-0.1, -0.05) is 76.8 Å². The van der Waals surface area contributed by atoms with Gasteiger partial charge in [-0.05, 0) is 41.0 Å². The van der Waals surface area contributed by atoms with E-state index in [-0.39, 0.29) is 0 Å². The van der Waals surface area contributed by atoms with Gasteiger partial charge < -0.3 is 0 Å². The van der Waals surface area contributed by atoms with Crippen molar-refractivity contribution in [1.29, 1.82) is 0 Å². The van der Waals surface area contributed by atoms with Crippen molar-refractivity contribution in [3.05, 3.63) is 60.2 Å². The highest BCUT2D eigenvalue weighted by Gasteiger charge is 1.98. The summed E-state index contributed by atoms with van der Waals surface area (Å²) >= 11 is 0. The first kappa shape index (κ1) is 17.2. The van der Waals surface area contributed by atoms with Crippen LogP contribution in [0.4, 0.5) is 0 Å². The number of fused-ring (bicyclic) bond motifs is 1. The molecule has 0 fully saturated rings. The lowest BCUT2D eigenvalue weighted by molar-refractivity contribution is 1.50. The third-order valence-corrected chi connectivity index (χ3v) is 2.52. The third-order valence-electron chi connectivity index (χ3n) is 2.52. The fraction of sp³-hybridized carbons (Fsp3) is 0.263. The fourth-order valence-corrected chi connectivity index (χ4v) is 1.78. The molecule has 2 aromatic carbocycles. The Bertz CT molecular complexity index is 519. The maximum Gasteiger partial charge on any atom is -0.0178 e. The molecule has 19 heavy (non-hydrogen) atoms. The second-order valence-electron chi connectivity index (χ2n) is 3.53. The van der Waals surface area contributed by atoms with Crippen molar-refractivity contribution in [2.45, 2.75) is 34.6 Å². The molecule has 0 N–H and O–H groups in total. The summed E-state index contributed by atoms with van der Waals surface area (Å²) in [6.45, 7) is 13.9. The first-order valence-corrected chi connectivity index (χ1v) is 7.13. The predicted molar refractivity (Wildman–Crippen MR) is 91.4 cm³/mol. The predicted octanol–water partition coefficient (Wildman–Crippen LogP) is 6.57. The van der Waals surface area contributed by atoms with E-state index in [1.54, 1.807) is 0 Å². The van der Waals surface area contributed by atoms with Crippen molar-refractivity contribution in [1.82, 2.24) is 0 Å². The number of allylic oxidation sites excluding steroid dienone is 1. The molecule has 2 rings (SSSR count). The molecule has 0 spiro atoms. The minimum atomic E-state index is 1.19. The van der Waals surface area contributed by atoms with Crippen LogP contribution in [0.3, 0.4) is 0 Å². The summed E-state index contributed by atoms with van der Waals surface area (Å²) in [5.74, 6) is 0. The van der Waals surface area contributed by atoms with E-state index in [0.29, 0.717) is 0 Å². The molecule has 0 saturated carbocycles. The molecule has 0 aliphatic carbocycles. The van der Waals surface area contributed by atoms with Gasteiger partial charge in [0.15, 0.2) is 0 Å². The zero-order valence-electron chi connectivity index (χ0n) is 12.9. The molecule has 0 amide bonds. The molecule has 0 saturated heterocycles. The lowest BCUT2D eigenvalue weighted by atomic mass is 10.0. The average molecular weight is 254 g/mol. The molecule has 0 atom stereocenters. The van der Waals surface area contributed by atoms with Crippen molar-refractivity contribution in [3.8, 4) is 0 Å². The fourth-order valence-electron chi connectivity index (χ4n) is 1.78. The standard InChI is InChI=1S/C15H14.2C2H6/c1-3-7-13-11-15-9-6-5-8-14(15)10-12(13)4-2;2*1-2/h3-11H,2H2,1H3;2*1-2H3/b7-3-;;. The Morgan fingerprint density at radius 2 is 1.32 bits per heavy atom. The van der Waals surface area contributed by atoms with Gasteiger partial charge in [0.2, 0.25) is 0 Å². The average Bonchev–Trinajstić information content (AvgIpc) is 2.51.